The van der Waals surface area contributed by atoms with E-state index in [1.54, 1.807) is 0 Å². The van der Waals surface area contributed by atoms with Gasteiger partial charge in [-0.25, -0.2) is 0 Å². The molecule has 2 heteroatoms. The van der Waals surface area contributed by atoms with Crippen molar-refractivity contribution in [2.75, 3.05) is 13.1 Å². The van der Waals surface area contributed by atoms with Crippen LogP contribution in [0.25, 0.3) is 16.5 Å². The van der Waals surface area contributed by atoms with E-state index in [9.17, 15) is 0 Å². The lowest BCUT2D eigenvalue weighted by Gasteiger charge is -2.13. The quantitative estimate of drug-likeness (QED) is 0.823. The van der Waals surface area contributed by atoms with Crippen LogP contribution < -0.4 is 5.32 Å². The zero-order chi connectivity index (χ0) is 12.5. The Morgan fingerprint density at radius 3 is 2.83 bits per heavy atom. The summed E-state index contributed by atoms with van der Waals surface area (Å²) in [6.45, 7) is 6.56. The monoisotopic (exact) mass is 240 g/mol. The number of nitrogens with one attached hydrogen (secondary N) is 2. The molecule has 0 radical (unpaired) electrons. The molecule has 3 rings (SSSR count). The molecule has 2 heterocycles. The van der Waals surface area contributed by atoms with E-state index in [2.05, 4.69) is 54.6 Å². The summed E-state index contributed by atoms with van der Waals surface area (Å²) in [5.74, 6) is 0.580. The molecular weight excluding hydrogens is 220 g/mol. The molecule has 0 bridgehead atoms. The molecule has 2 nitrogen and oxygen atoms in total. The number of benzene rings is 1. The summed E-state index contributed by atoms with van der Waals surface area (Å²) < 4.78 is 0. The Labute approximate surface area is 108 Å². The van der Waals surface area contributed by atoms with Gasteiger partial charge in [0.1, 0.15) is 0 Å². The average Bonchev–Trinajstić information content (AvgIpc) is 2.82. The molecule has 0 aliphatic carbocycles. The molecule has 0 saturated carbocycles. The zero-order valence-electron chi connectivity index (χ0n) is 11.1. The number of aromatic amines is 1. The summed E-state index contributed by atoms with van der Waals surface area (Å²) in [5, 5.41) is 4.78. The van der Waals surface area contributed by atoms with Crippen LogP contribution in [0, 0.1) is 0 Å². The summed E-state index contributed by atoms with van der Waals surface area (Å²) in [6.07, 6.45) is 5.63. The second kappa shape index (κ2) is 4.62. The molecule has 0 saturated heterocycles. The molecule has 18 heavy (non-hydrogen) atoms. The first-order valence-corrected chi connectivity index (χ1v) is 6.77. The van der Waals surface area contributed by atoms with Gasteiger partial charge in [-0.3, -0.25) is 0 Å². The van der Waals surface area contributed by atoms with Gasteiger partial charge in [0, 0.05) is 29.2 Å². The lowest BCUT2D eigenvalue weighted by Crippen LogP contribution is -2.21. The molecule has 0 fully saturated rings. The first kappa shape index (κ1) is 11.5. The number of hydrogen-bond acceptors (Lipinski definition) is 1. The molecule has 0 spiro atoms. The minimum Gasteiger partial charge on any atom is -0.361 e. The largest absolute Gasteiger partial charge is 0.361 e. The van der Waals surface area contributed by atoms with Gasteiger partial charge >= 0.3 is 0 Å². The Hall–Kier alpha value is -1.54. The average molecular weight is 240 g/mol. The summed E-state index contributed by atoms with van der Waals surface area (Å²) in [6, 6.07) is 6.79. The van der Waals surface area contributed by atoms with E-state index < -0.39 is 0 Å². The minimum atomic E-state index is 0.580. The van der Waals surface area contributed by atoms with Gasteiger partial charge in [0.2, 0.25) is 0 Å². The lowest BCUT2D eigenvalue weighted by molar-refractivity contribution is 0.739. The van der Waals surface area contributed by atoms with Gasteiger partial charge in [-0.1, -0.05) is 32.1 Å². The topological polar surface area (TPSA) is 27.8 Å². The maximum absolute atomic E-state index is 3.44. The fourth-order valence-corrected chi connectivity index (χ4v) is 2.62. The molecule has 0 unspecified atom stereocenters. The molecule has 1 aliphatic rings. The van der Waals surface area contributed by atoms with Crippen LogP contribution >= 0.6 is 0 Å². The van der Waals surface area contributed by atoms with Crippen molar-refractivity contribution in [3.8, 4) is 0 Å². The first-order chi connectivity index (χ1) is 8.75. The van der Waals surface area contributed by atoms with Crippen LogP contribution in [0.3, 0.4) is 0 Å². The van der Waals surface area contributed by atoms with Gasteiger partial charge in [-0.05, 0) is 36.1 Å². The number of fused-ring (bicyclic) bond motifs is 1. The molecule has 94 valence electrons. The van der Waals surface area contributed by atoms with Gasteiger partial charge in [-0.15, -0.1) is 0 Å². The van der Waals surface area contributed by atoms with Crippen LogP contribution in [-0.2, 0) is 0 Å². The van der Waals surface area contributed by atoms with E-state index in [1.807, 2.05) is 0 Å². The Balaban J connectivity index is 2.07. The van der Waals surface area contributed by atoms with Crippen molar-refractivity contribution in [1.82, 2.24) is 10.3 Å². The van der Waals surface area contributed by atoms with Crippen molar-refractivity contribution >= 4 is 16.5 Å². The van der Waals surface area contributed by atoms with Crippen molar-refractivity contribution < 1.29 is 0 Å². The van der Waals surface area contributed by atoms with Crippen molar-refractivity contribution in [2.24, 2.45) is 0 Å². The van der Waals surface area contributed by atoms with E-state index in [4.69, 9.17) is 0 Å². The summed E-state index contributed by atoms with van der Waals surface area (Å²) >= 11 is 0. The molecule has 2 aromatic rings. The minimum absolute atomic E-state index is 0.580. The standard InChI is InChI=1S/C16H20N2/c1-11(2)12-5-6-14-15(10-18-16(14)8-12)13-4-3-7-17-9-13/h4-6,8,10-11,17-18H,3,7,9H2,1-2H3. The summed E-state index contributed by atoms with van der Waals surface area (Å²) in [7, 11) is 0. The number of hydrogen-bond donors (Lipinski definition) is 2. The fourth-order valence-electron chi connectivity index (χ4n) is 2.62. The van der Waals surface area contributed by atoms with Gasteiger partial charge in [0.05, 0.1) is 0 Å². The highest BCUT2D eigenvalue weighted by Crippen LogP contribution is 2.28. The third-order valence-corrected chi connectivity index (χ3v) is 3.75. The lowest BCUT2D eigenvalue weighted by atomic mass is 9.98. The normalized spacial score (nSPS) is 16.3. The highest BCUT2D eigenvalue weighted by atomic mass is 14.9. The second-order valence-corrected chi connectivity index (χ2v) is 5.36. The smallest absolute Gasteiger partial charge is 0.0463 e. The van der Waals surface area contributed by atoms with Crippen LogP contribution in [0.2, 0.25) is 0 Å². The molecule has 0 atom stereocenters. The molecule has 2 N–H and O–H groups in total. The molecule has 1 aromatic heterocycles. The molecule has 1 aromatic carbocycles. The predicted octanol–water partition coefficient (Wildman–Crippen LogP) is 3.67. The maximum Gasteiger partial charge on any atom is 0.0463 e. The van der Waals surface area contributed by atoms with Gasteiger partial charge in [0.15, 0.2) is 0 Å². The first-order valence-electron chi connectivity index (χ1n) is 6.77. The highest BCUT2D eigenvalue weighted by molar-refractivity contribution is 5.93. The van der Waals surface area contributed by atoms with Crippen molar-refractivity contribution in [2.45, 2.75) is 26.2 Å². The number of aromatic nitrogens is 1. The maximum atomic E-state index is 3.44. The Kier molecular flexibility index (Phi) is 2.96. The highest BCUT2D eigenvalue weighted by Gasteiger charge is 2.11. The van der Waals surface area contributed by atoms with Gasteiger partial charge in [0.25, 0.3) is 0 Å². The zero-order valence-corrected chi connectivity index (χ0v) is 11.1. The second-order valence-electron chi connectivity index (χ2n) is 5.36. The molecule has 0 amide bonds. The van der Waals surface area contributed by atoms with Crippen LogP contribution in [0.5, 0.6) is 0 Å². The van der Waals surface area contributed by atoms with Crippen LogP contribution in [0.4, 0.5) is 0 Å². The Bertz CT molecular complexity index is 590. The molecule has 1 aliphatic heterocycles. The summed E-state index contributed by atoms with van der Waals surface area (Å²) in [4.78, 5) is 3.41. The Morgan fingerprint density at radius 1 is 1.22 bits per heavy atom. The van der Waals surface area contributed by atoms with Crippen LogP contribution in [0.15, 0.2) is 30.5 Å². The van der Waals surface area contributed by atoms with E-state index in [1.165, 1.54) is 27.6 Å². The fraction of sp³-hybridized carbons (Fsp3) is 0.375. The summed E-state index contributed by atoms with van der Waals surface area (Å²) in [5.41, 5.74) is 5.42. The SMILES string of the molecule is CC(C)c1ccc2c(C3=CCCNC3)c[nH]c2c1. The van der Waals surface area contributed by atoms with Gasteiger partial charge in [-0.2, -0.15) is 0 Å². The van der Waals surface area contributed by atoms with Crippen molar-refractivity contribution in [1.29, 1.82) is 0 Å². The number of rotatable bonds is 2. The Morgan fingerprint density at radius 2 is 2.11 bits per heavy atom. The van der Waals surface area contributed by atoms with E-state index >= 15 is 0 Å². The van der Waals surface area contributed by atoms with Crippen molar-refractivity contribution in [3.63, 3.8) is 0 Å². The van der Waals surface area contributed by atoms with Crippen LogP contribution in [0.1, 0.15) is 37.3 Å². The van der Waals surface area contributed by atoms with E-state index in [0.29, 0.717) is 5.92 Å². The predicted molar refractivity (Wildman–Crippen MR) is 77.9 cm³/mol. The van der Waals surface area contributed by atoms with Crippen molar-refractivity contribution in [3.05, 3.63) is 41.6 Å². The molecular formula is C16H20N2. The third-order valence-electron chi connectivity index (χ3n) is 3.75. The van der Waals surface area contributed by atoms with Gasteiger partial charge < -0.3 is 10.3 Å². The third kappa shape index (κ3) is 1.97. The van der Waals surface area contributed by atoms with E-state index in [0.717, 1.165) is 19.5 Å². The van der Waals surface area contributed by atoms with E-state index in [-0.39, 0.29) is 0 Å². The van der Waals surface area contributed by atoms with Crippen LogP contribution in [-0.4, -0.2) is 18.1 Å². The number of H-pyrrole nitrogens is 1.